The molecule has 0 aliphatic rings. The number of pyridine rings is 1. The Morgan fingerprint density at radius 1 is 1.47 bits per heavy atom. The minimum atomic E-state index is -0.203. The van der Waals surface area contributed by atoms with Crippen molar-refractivity contribution in [1.82, 2.24) is 4.98 Å². The lowest BCUT2D eigenvalue weighted by Crippen LogP contribution is -2.39. The highest BCUT2D eigenvalue weighted by molar-refractivity contribution is 9.11. The monoisotopic (exact) mass is 354 g/mol. The molecule has 0 saturated carbocycles. The number of alkyl halides is 1. The van der Waals surface area contributed by atoms with E-state index < -0.39 is 0 Å². The summed E-state index contributed by atoms with van der Waals surface area (Å²) in [6, 6.07) is 1.95. The molecule has 0 spiro atoms. The van der Waals surface area contributed by atoms with E-state index in [2.05, 4.69) is 42.2 Å². The lowest BCUT2D eigenvalue weighted by Gasteiger charge is -2.30. The summed E-state index contributed by atoms with van der Waals surface area (Å²) in [6.45, 7) is 6.04. The van der Waals surface area contributed by atoms with Gasteiger partial charge in [0, 0.05) is 16.2 Å². The Morgan fingerprint density at radius 3 is 2.53 bits per heavy atom. The quantitative estimate of drug-likeness (QED) is 0.811. The van der Waals surface area contributed by atoms with Crippen LogP contribution in [0, 0.1) is 0 Å². The van der Waals surface area contributed by atoms with Crippen molar-refractivity contribution in [3.05, 3.63) is 21.2 Å². The molecular weight excluding hydrogens is 343 g/mol. The first-order chi connectivity index (χ1) is 6.83. The molecule has 1 N–H and O–H groups in total. The zero-order chi connectivity index (χ0) is 11.6. The second-order valence-electron chi connectivity index (χ2n) is 3.95. The van der Waals surface area contributed by atoms with Crippen molar-refractivity contribution in [2.75, 3.05) is 5.32 Å². The van der Waals surface area contributed by atoms with Crippen LogP contribution in [0.5, 0.6) is 0 Å². The van der Waals surface area contributed by atoms with Gasteiger partial charge in [-0.25, -0.2) is 4.98 Å². The van der Waals surface area contributed by atoms with E-state index in [0.717, 1.165) is 14.8 Å². The molecule has 0 aromatic carbocycles. The van der Waals surface area contributed by atoms with E-state index in [1.807, 2.05) is 26.8 Å². The average molecular weight is 356 g/mol. The molecule has 1 atom stereocenters. The van der Waals surface area contributed by atoms with Gasteiger partial charge in [-0.3, -0.25) is 0 Å². The van der Waals surface area contributed by atoms with Crippen LogP contribution < -0.4 is 5.32 Å². The fourth-order valence-corrected chi connectivity index (χ4v) is 2.05. The van der Waals surface area contributed by atoms with Crippen molar-refractivity contribution in [2.24, 2.45) is 0 Å². The van der Waals surface area contributed by atoms with E-state index >= 15 is 0 Å². The topological polar surface area (TPSA) is 24.9 Å². The highest BCUT2D eigenvalue weighted by atomic mass is 79.9. The highest BCUT2D eigenvalue weighted by Gasteiger charge is 2.24. The van der Waals surface area contributed by atoms with Crippen molar-refractivity contribution in [3.63, 3.8) is 0 Å². The fourth-order valence-electron chi connectivity index (χ4n) is 0.911. The smallest absolute Gasteiger partial charge is 0.140 e. The Morgan fingerprint density at radius 2 is 2.07 bits per heavy atom. The van der Waals surface area contributed by atoms with E-state index in [0.29, 0.717) is 0 Å². The number of anilines is 1. The number of aromatic nitrogens is 1. The zero-order valence-electron chi connectivity index (χ0n) is 8.81. The first-order valence-corrected chi connectivity index (χ1v) is 6.58. The molecule has 0 aliphatic heterocycles. The third-order valence-electron chi connectivity index (χ3n) is 2.24. The zero-order valence-corrected chi connectivity index (χ0v) is 12.7. The molecule has 2 nitrogen and oxygen atoms in total. The van der Waals surface area contributed by atoms with Crippen LogP contribution >= 0.6 is 43.5 Å². The summed E-state index contributed by atoms with van der Waals surface area (Å²) in [7, 11) is 0. The van der Waals surface area contributed by atoms with Crippen LogP contribution in [0.3, 0.4) is 0 Å². The molecule has 0 amide bonds. The minimum Gasteiger partial charge on any atom is -0.363 e. The van der Waals surface area contributed by atoms with E-state index in [9.17, 15) is 0 Å². The largest absolute Gasteiger partial charge is 0.363 e. The van der Waals surface area contributed by atoms with Gasteiger partial charge in [0.2, 0.25) is 0 Å². The van der Waals surface area contributed by atoms with Crippen molar-refractivity contribution >= 4 is 49.3 Å². The summed E-state index contributed by atoms with van der Waals surface area (Å²) in [6.07, 6.45) is 1.75. The summed E-state index contributed by atoms with van der Waals surface area (Å²) in [5.41, 5.74) is -0.203. The number of hydrogen-bond donors (Lipinski definition) is 1. The molecule has 1 unspecified atom stereocenters. The Kier molecular flexibility index (Phi) is 4.44. The summed E-state index contributed by atoms with van der Waals surface area (Å²) < 4.78 is 1.86. The maximum atomic E-state index is 6.09. The van der Waals surface area contributed by atoms with E-state index in [4.69, 9.17) is 11.6 Å². The lowest BCUT2D eigenvalue weighted by molar-refractivity contribution is 0.552. The molecule has 1 heterocycles. The molecule has 15 heavy (non-hydrogen) atoms. The molecule has 0 aliphatic carbocycles. The first kappa shape index (κ1) is 13.3. The molecule has 1 rings (SSSR count). The van der Waals surface area contributed by atoms with E-state index in [1.165, 1.54) is 0 Å². The number of halogens is 3. The van der Waals surface area contributed by atoms with Crippen LogP contribution in [-0.2, 0) is 0 Å². The van der Waals surface area contributed by atoms with Gasteiger partial charge in [0.05, 0.1) is 9.85 Å². The van der Waals surface area contributed by atoms with Crippen LogP contribution in [-0.4, -0.2) is 15.9 Å². The molecule has 1 aromatic heterocycles. The maximum Gasteiger partial charge on any atom is 0.140 e. The van der Waals surface area contributed by atoms with Gasteiger partial charge < -0.3 is 5.32 Å². The van der Waals surface area contributed by atoms with Crippen molar-refractivity contribution in [3.8, 4) is 0 Å². The Labute approximate surface area is 112 Å². The first-order valence-electron chi connectivity index (χ1n) is 4.56. The van der Waals surface area contributed by atoms with Gasteiger partial charge in [0.1, 0.15) is 5.82 Å². The molecular formula is C10H13Br2ClN2. The maximum absolute atomic E-state index is 6.09. The van der Waals surface area contributed by atoms with Gasteiger partial charge in [-0.05, 0) is 58.7 Å². The third-order valence-corrected chi connectivity index (χ3v) is 3.83. The highest BCUT2D eigenvalue weighted by Crippen LogP contribution is 2.28. The van der Waals surface area contributed by atoms with E-state index in [1.54, 1.807) is 6.20 Å². The molecule has 0 saturated heterocycles. The summed E-state index contributed by atoms with van der Waals surface area (Å²) in [5.74, 6) is 0.802. The molecule has 0 radical (unpaired) electrons. The minimum absolute atomic E-state index is 0.00912. The van der Waals surface area contributed by atoms with Crippen LogP contribution in [0.4, 0.5) is 5.82 Å². The lowest BCUT2D eigenvalue weighted by atomic mass is 10.0. The van der Waals surface area contributed by atoms with Gasteiger partial charge in [0.15, 0.2) is 0 Å². The van der Waals surface area contributed by atoms with Gasteiger partial charge in [-0.2, -0.15) is 0 Å². The summed E-state index contributed by atoms with van der Waals surface area (Å²) in [5, 5.41) is 3.31. The molecule has 1 aromatic rings. The number of nitrogens with zero attached hydrogens (tertiary/aromatic N) is 1. The summed E-state index contributed by atoms with van der Waals surface area (Å²) in [4.78, 5) is 4.28. The third kappa shape index (κ3) is 3.61. The Hall–Kier alpha value is 0.200. The van der Waals surface area contributed by atoms with Crippen LogP contribution in [0.25, 0.3) is 0 Å². The number of hydrogen-bond acceptors (Lipinski definition) is 2. The fraction of sp³-hybridized carbons (Fsp3) is 0.500. The van der Waals surface area contributed by atoms with Crippen molar-refractivity contribution < 1.29 is 0 Å². The van der Waals surface area contributed by atoms with Crippen molar-refractivity contribution in [1.29, 1.82) is 0 Å². The van der Waals surface area contributed by atoms with Gasteiger partial charge in [-0.15, -0.1) is 11.6 Å². The van der Waals surface area contributed by atoms with Gasteiger partial charge in [0.25, 0.3) is 0 Å². The molecule has 5 heteroatoms. The van der Waals surface area contributed by atoms with Gasteiger partial charge in [-0.1, -0.05) is 0 Å². The van der Waals surface area contributed by atoms with Crippen LogP contribution in [0.2, 0.25) is 0 Å². The van der Waals surface area contributed by atoms with Crippen molar-refractivity contribution in [2.45, 2.75) is 31.7 Å². The Bertz CT molecular complexity index is 353. The van der Waals surface area contributed by atoms with Gasteiger partial charge >= 0.3 is 0 Å². The predicted octanol–water partition coefficient (Wildman–Crippen LogP) is 4.42. The van der Waals surface area contributed by atoms with Crippen LogP contribution in [0.1, 0.15) is 20.8 Å². The number of rotatable bonds is 3. The van der Waals surface area contributed by atoms with E-state index in [-0.39, 0.29) is 10.9 Å². The second-order valence-corrected chi connectivity index (χ2v) is 6.37. The predicted molar refractivity (Wildman–Crippen MR) is 72.7 cm³/mol. The standard InChI is InChI=1S/C10H13Br2ClN2/c1-6(13)10(2,3)15-9-8(12)4-7(11)5-14-9/h4-6H,1-3H3,(H,14,15). The average Bonchev–Trinajstić information content (AvgIpc) is 2.09. The normalized spacial score (nSPS) is 13.7. The summed E-state index contributed by atoms with van der Waals surface area (Å²) >= 11 is 12.9. The molecule has 0 fully saturated rings. The second kappa shape index (κ2) is 5.02. The van der Waals surface area contributed by atoms with Crippen LogP contribution in [0.15, 0.2) is 21.2 Å². The molecule has 84 valence electrons. The SMILES string of the molecule is CC(Cl)C(C)(C)Nc1ncc(Br)cc1Br. The number of nitrogens with one attached hydrogen (secondary N) is 1. The molecule has 0 bridgehead atoms. The Balaban J connectivity index is 2.90.